The maximum Gasteiger partial charge on any atom is 0.345 e. The van der Waals surface area contributed by atoms with E-state index in [1.54, 1.807) is 19.1 Å². The highest BCUT2D eigenvalue weighted by atomic mass is 35.5. The van der Waals surface area contributed by atoms with Gasteiger partial charge in [-0.2, -0.15) is 0 Å². The summed E-state index contributed by atoms with van der Waals surface area (Å²) in [7, 11) is 0. The average molecular weight is 431 g/mol. The molecule has 0 aromatic carbocycles. The minimum Gasteiger partial charge on any atom is -0.477 e. The molecule has 1 aliphatic carbocycles. The lowest BCUT2D eigenvalue weighted by Crippen LogP contribution is -2.19. The number of aryl methyl sites for hydroxylation is 1. The highest BCUT2D eigenvalue weighted by Gasteiger charge is 2.39. The van der Waals surface area contributed by atoms with E-state index in [1.165, 1.54) is 11.3 Å². The molecule has 1 heterocycles. The second kappa shape index (κ2) is 11.3. The monoisotopic (exact) mass is 430 g/mol. The molecule has 7 heteroatoms. The van der Waals surface area contributed by atoms with Crippen molar-refractivity contribution in [1.29, 1.82) is 0 Å². The molecule has 0 amide bonds. The van der Waals surface area contributed by atoms with E-state index in [9.17, 15) is 20.1 Å². The zero-order valence-electron chi connectivity index (χ0n) is 16.2. The van der Waals surface area contributed by atoms with Crippen molar-refractivity contribution in [3.05, 3.63) is 34.0 Å². The largest absolute Gasteiger partial charge is 0.477 e. The molecule has 1 fully saturated rings. The van der Waals surface area contributed by atoms with Crippen LogP contribution in [0, 0.1) is 11.8 Å². The van der Waals surface area contributed by atoms with Crippen molar-refractivity contribution in [2.24, 2.45) is 11.8 Å². The van der Waals surface area contributed by atoms with Crippen LogP contribution in [0.3, 0.4) is 0 Å². The van der Waals surface area contributed by atoms with Crippen LogP contribution in [0.5, 0.6) is 0 Å². The normalized spacial score (nSPS) is 27.3. The fourth-order valence-corrected chi connectivity index (χ4v) is 5.13. The minimum atomic E-state index is -0.895. The predicted molar refractivity (Wildman–Crippen MR) is 112 cm³/mol. The van der Waals surface area contributed by atoms with Crippen LogP contribution in [0.1, 0.15) is 60.7 Å². The Hall–Kier alpha value is -0.920. The number of halogens is 1. The van der Waals surface area contributed by atoms with Crippen molar-refractivity contribution in [2.45, 2.75) is 75.6 Å². The number of carbonyl (C=O) groups is 1. The summed E-state index contributed by atoms with van der Waals surface area (Å²) in [5.41, 5.74) is 1.02. The third-order valence-corrected chi connectivity index (χ3v) is 6.88. The van der Waals surface area contributed by atoms with Crippen molar-refractivity contribution in [2.75, 3.05) is 0 Å². The van der Waals surface area contributed by atoms with Crippen molar-refractivity contribution in [1.82, 2.24) is 0 Å². The van der Waals surface area contributed by atoms with Gasteiger partial charge in [-0.3, -0.25) is 0 Å². The number of hydrogen-bond acceptors (Lipinski definition) is 5. The molecule has 0 spiro atoms. The van der Waals surface area contributed by atoms with Gasteiger partial charge < -0.3 is 20.4 Å². The van der Waals surface area contributed by atoms with Gasteiger partial charge in [0.1, 0.15) is 4.88 Å². The Morgan fingerprint density at radius 3 is 2.75 bits per heavy atom. The van der Waals surface area contributed by atoms with Crippen LogP contribution in [-0.2, 0) is 6.42 Å². The quantitative estimate of drug-likeness (QED) is 0.316. The first-order chi connectivity index (χ1) is 13.3. The molecule has 0 bridgehead atoms. The van der Waals surface area contributed by atoms with Gasteiger partial charge in [-0.05, 0) is 74.8 Å². The van der Waals surface area contributed by atoms with Gasteiger partial charge in [-0.15, -0.1) is 22.9 Å². The maximum absolute atomic E-state index is 11.0. The Morgan fingerprint density at radius 2 is 2.11 bits per heavy atom. The fraction of sp³-hybridized carbons (Fsp3) is 0.667. The van der Waals surface area contributed by atoms with Crippen LogP contribution in [0.4, 0.5) is 0 Å². The number of thiophene rings is 1. The Balaban J connectivity index is 1.84. The van der Waals surface area contributed by atoms with E-state index in [0.29, 0.717) is 24.1 Å². The number of aliphatic hydroxyl groups excluding tert-OH is 3. The molecule has 1 saturated carbocycles. The predicted octanol–water partition coefficient (Wildman–Crippen LogP) is 3.84. The molecule has 5 nitrogen and oxygen atoms in total. The summed E-state index contributed by atoms with van der Waals surface area (Å²) in [6.45, 7) is 1.74. The van der Waals surface area contributed by atoms with Gasteiger partial charge in [0.05, 0.1) is 18.3 Å². The first-order valence-electron chi connectivity index (χ1n) is 9.95. The molecule has 6 atom stereocenters. The standard InChI is InChI=1S/C21H31ClO5S/c1-13(23)4-2-6-15(24)8-9-17-16(18(22)11-19(17)25)7-3-5-14-10-20(21(26)27)28-12-14/h8-10,12-13,15-19,23-25H,2-7,11H2,1H3,(H,26,27)/b9-8+/t13-,15+,16-,17-,18-,19-/m1/s1. The van der Waals surface area contributed by atoms with Gasteiger partial charge in [0.15, 0.2) is 0 Å². The van der Waals surface area contributed by atoms with Crippen LogP contribution < -0.4 is 0 Å². The Morgan fingerprint density at radius 1 is 1.36 bits per heavy atom. The third kappa shape index (κ3) is 7.16. The van der Waals surface area contributed by atoms with E-state index < -0.39 is 18.2 Å². The summed E-state index contributed by atoms with van der Waals surface area (Å²) in [5, 5.41) is 40.5. The summed E-state index contributed by atoms with van der Waals surface area (Å²) < 4.78 is 0. The number of carboxylic acids is 1. The van der Waals surface area contributed by atoms with E-state index in [-0.39, 0.29) is 23.3 Å². The van der Waals surface area contributed by atoms with Crippen molar-refractivity contribution < 1.29 is 25.2 Å². The van der Waals surface area contributed by atoms with Gasteiger partial charge in [0.25, 0.3) is 0 Å². The summed E-state index contributed by atoms with van der Waals surface area (Å²) in [6.07, 6.45) is 7.25. The minimum absolute atomic E-state index is 0.0778. The molecular formula is C21H31ClO5S. The molecule has 0 radical (unpaired) electrons. The molecule has 28 heavy (non-hydrogen) atoms. The van der Waals surface area contributed by atoms with Crippen LogP contribution in [0.25, 0.3) is 0 Å². The van der Waals surface area contributed by atoms with E-state index in [0.717, 1.165) is 31.2 Å². The number of hydrogen-bond donors (Lipinski definition) is 4. The second-order valence-electron chi connectivity index (χ2n) is 7.81. The van der Waals surface area contributed by atoms with Crippen LogP contribution in [-0.4, -0.2) is 50.1 Å². The zero-order chi connectivity index (χ0) is 20.7. The average Bonchev–Trinajstić information content (AvgIpc) is 3.18. The van der Waals surface area contributed by atoms with Crippen molar-refractivity contribution in [3.63, 3.8) is 0 Å². The molecule has 0 unspecified atom stereocenters. The van der Waals surface area contributed by atoms with E-state index in [2.05, 4.69) is 0 Å². The van der Waals surface area contributed by atoms with Gasteiger partial charge in [0, 0.05) is 11.3 Å². The topological polar surface area (TPSA) is 98.0 Å². The molecule has 4 N–H and O–H groups in total. The van der Waals surface area contributed by atoms with Gasteiger partial charge >= 0.3 is 5.97 Å². The lowest BCUT2D eigenvalue weighted by atomic mass is 9.88. The number of alkyl halides is 1. The maximum atomic E-state index is 11.0. The molecule has 1 aromatic rings. The second-order valence-corrected chi connectivity index (χ2v) is 9.28. The molecule has 2 rings (SSSR count). The molecule has 1 aliphatic rings. The Labute approximate surface area is 175 Å². The van der Waals surface area contributed by atoms with Gasteiger partial charge in [-0.1, -0.05) is 12.2 Å². The Bertz CT molecular complexity index is 644. The Kier molecular flexibility index (Phi) is 9.44. The fourth-order valence-electron chi connectivity index (χ4n) is 3.87. The third-order valence-electron chi connectivity index (χ3n) is 5.41. The SMILES string of the molecule is C[C@@H](O)CCC[C@H](O)/C=C/[C@@H]1[C@@H](CCCc2csc(C(=O)O)c2)[C@H](Cl)C[C@H]1O. The zero-order valence-corrected chi connectivity index (χ0v) is 17.8. The molecule has 158 valence electrons. The molecule has 0 aliphatic heterocycles. The lowest BCUT2D eigenvalue weighted by Gasteiger charge is -2.21. The lowest BCUT2D eigenvalue weighted by molar-refractivity contribution is 0.0702. The van der Waals surface area contributed by atoms with Crippen LogP contribution >= 0.6 is 22.9 Å². The molecule has 1 aromatic heterocycles. The summed E-state index contributed by atoms with van der Waals surface area (Å²) in [6, 6.07) is 1.72. The van der Waals surface area contributed by atoms with E-state index in [1.807, 2.05) is 11.5 Å². The number of carboxylic acid groups (broad SMARTS) is 1. The number of aromatic carboxylic acids is 1. The van der Waals surface area contributed by atoms with Crippen molar-refractivity contribution in [3.8, 4) is 0 Å². The first kappa shape index (κ1) is 23.4. The highest BCUT2D eigenvalue weighted by molar-refractivity contribution is 7.12. The van der Waals surface area contributed by atoms with Crippen LogP contribution in [0.2, 0.25) is 0 Å². The molecular weight excluding hydrogens is 400 g/mol. The van der Waals surface area contributed by atoms with Gasteiger partial charge in [-0.25, -0.2) is 4.79 Å². The smallest absolute Gasteiger partial charge is 0.345 e. The number of rotatable bonds is 11. The van der Waals surface area contributed by atoms with Crippen LogP contribution in [0.15, 0.2) is 23.6 Å². The first-order valence-corrected chi connectivity index (χ1v) is 11.3. The van der Waals surface area contributed by atoms with E-state index >= 15 is 0 Å². The molecule has 0 saturated heterocycles. The highest BCUT2D eigenvalue weighted by Crippen LogP contribution is 2.40. The number of aliphatic hydroxyl groups is 3. The van der Waals surface area contributed by atoms with Crippen molar-refractivity contribution >= 4 is 28.9 Å². The summed E-state index contributed by atoms with van der Waals surface area (Å²) in [4.78, 5) is 11.3. The van der Waals surface area contributed by atoms with Gasteiger partial charge in [0.2, 0.25) is 0 Å². The van der Waals surface area contributed by atoms with E-state index in [4.69, 9.17) is 16.7 Å². The summed E-state index contributed by atoms with van der Waals surface area (Å²) >= 11 is 7.71. The summed E-state index contributed by atoms with van der Waals surface area (Å²) in [5.74, 6) is -0.839.